The summed E-state index contributed by atoms with van der Waals surface area (Å²) in [5.74, 6) is -0.837. The fourth-order valence-corrected chi connectivity index (χ4v) is 1.73. The Kier molecular flexibility index (Phi) is 5.84. The Morgan fingerprint density at radius 1 is 1.47 bits per heavy atom. The number of nitrogens with one attached hydrogen (secondary N) is 1. The van der Waals surface area contributed by atoms with E-state index in [2.05, 4.69) is 5.32 Å². The minimum Gasteiger partial charge on any atom is -0.480 e. The Labute approximate surface area is 101 Å². The van der Waals surface area contributed by atoms with Crippen molar-refractivity contribution in [2.75, 3.05) is 33.5 Å². The highest BCUT2D eigenvalue weighted by molar-refractivity contribution is 5.79. The van der Waals surface area contributed by atoms with Gasteiger partial charge in [0.25, 0.3) is 0 Å². The lowest BCUT2D eigenvalue weighted by molar-refractivity contribution is -0.149. The number of β-amino-alcohol motifs (C(OH)–C–C–N with tert-alkyl or cyclic N) is 1. The molecule has 0 radical (unpaired) electrons. The lowest BCUT2D eigenvalue weighted by atomic mass is 9.77. The monoisotopic (exact) mass is 247 g/mol. The summed E-state index contributed by atoms with van der Waals surface area (Å²) < 4.78 is 9.95. The van der Waals surface area contributed by atoms with Crippen molar-refractivity contribution < 1.29 is 24.5 Å². The van der Waals surface area contributed by atoms with E-state index in [-0.39, 0.29) is 13.2 Å². The molecule has 100 valence electrons. The minimum absolute atomic E-state index is 0.187. The highest BCUT2D eigenvalue weighted by Gasteiger charge is 2.44. The van der Waals surface area contributed by atoms with Crippen LogP contribution in [-0.2, 0) is 14.3 Å². The third kappa shape index (κ3) is 4.23. The van der Waals surface area contributed by atoms with Gasteiger partial charge < -0.3 is 19.7 Å². The molecule has 1 saturated carbocycles. The quantitative estimate of drug-likeness (QED) is 0.481. The number of aliphatic hydroxyl groups excluding tert-OH is 1. The second-order valence-electron chi connectivity index (χ2n) is 4.34. The van der Waals surface area contributed by atoms with Crippen molar-refractivity contribution in [1.82, 2.24) is 5.32 Å². The van der Waals surface area contributed by atoms with Crippen molar-refractivity contribution in [3.8, 4) is 0 Å². The third-order valence-corrected chi connectivity index (χ3v) is 3.03. The van der Waals surface area contributed by atoms with Crippen LogP contribution in [0.25, 0.3) is 0 Å². The van der Waals surface area contributed by atoms with Crippen LogP contribution in [-0.4, -0.2) is 61.3 Å². The molecule has 0 spiro atoms. The molecule has 0 bridgehead atoms. The fraction of sp³-hybridized carbons (Fsp3) is 0.909. The van der Waals surface area contributed by atoms with Crippen molar-refractivity contribution in [1.29, 1.82) is 0 Å². The Morgan fingerprint density at radius 3 is 2.65 bits per heavy atom. The van der Waals surface area contributed by atoms with Gasteiger partial charge in [-0.25, -0.2) is 0 Å². The first kappa shape index (κ1) is 14.4. The van der Waals surface area contributed by atoms with Crippen LogP contribution in [0.5, 0.6) is 0 Å². The van der Waals surface area contributed by atoms with Crippen LogP contribution in [0.4, 0.5) is 0 Å². The van der Waals surface area contributed by atoms with E-state index in [0.29, 0.717) is 26.1 Å². The summed E-state index contributed by atoms with van der Waals surface area (Å²) in [7, 11) is 1.58. The van der Waals surface area contributed by atoms with Crippen molar-refractivity contribution in [2.24, 2.45) is 0 Å². The fourth-order valence-electron chi connectivity index (χ4n) is 1.73. The minimum atomic E-state index is -0.837. The molecule has 1 aliphatic rings. The number of carboxylic acid groups (broad SMARTS) is 1. The van der Waals surface area contributed by atoms with Crippen molar-refractivity contribution in [2.45, 2.75) is 30.9 Å². The molecule has 1 fully saturated rings. The molecule has 0 amide bonds. The first-order valence-corrected chi connectivity index (χ1v) is 5.84. The Morgan fingerprint density at radius 2 is 2.18 bits per heavy atom. The molecule has 0 aliphatic heterocycles. The summed E-state index contributed by atoms with van der Waals surface area (Å²) >= 11 is 0. The molecule has 1 unspecified atom stereocenters. The van der Waals surface area contributed by atoms with Crippen LogP contribution in [0.1, 0.15) is 19.3 Å². The van der Waals surface area contributed by atoms with Crippen LogP contribution < -0.4 is 5.32 Å². The van der Waals surface area contributed by atoms with E-state index in [4.69, 9.17) is 14.6 Å². The van der Waals surface area contributed by atoms with Gasteiger partial charge in [0.05, 0.1) is 25.9 Å². The number of hydrogen-bond donors (Lipinski definition) is 3. The second-order valence-corrected chi connectivity index (χ2v) is 4.34. The van der Waals surface area contributed by atoms with Gasteiger partial charge in [0.2, 0.25) is 0 Å². The molecular formula is C11H21NO5. The summed E-state index contributed by atoms with van der Waals surface area (Å²) in [5.41, 5.74) is -0.826. The van der Waals surface area contributed by atoms with Gasteiger partial charge in [-0.1, -0.05) is 0 Å². The highest BCUT2D eigenvalue weighted by Crippen LogP contribution is 2.31. The molecule has 0 aromatic heterocycles. The number of carboxylic acids is 1. The zero-order valence-electron chi connectivity index (χ0n) is 10.1. The number of rotatable bonds is 9. The predicted molar refractivity (Wildman–Crippen MR) is 60.9 cm³/mol. The number of carbonyl (C=O) groups is 1. The van der Waals surface area contributed by atoms with Gasteiger partial charge in [-0.05, 0) is 19.3 Å². The van der Waals surface area contributed by atoms with Crippen molar-refractivity contribution in [3.05, 3.63) is 0 Å². The average Bonchev–Trinajstić information content (AvgIpc) is 2.22. The lowest BCUT2D eigenvalue weighted by Gasteiger charge is -2.39. The van der Waals surface area contributed by atoms with Gasteiger partial charge in [-0.15, -0.1) is 0 Å². The van der Waals surface area contributed by atoms with E-state index in [1.807, 2.05) is 0 Å². The molecule has 6 heteroatoms. The molecule has 1 atom stereocenters. The Balaban J connectivity index is 2.14. The van der Waals surface area contributed by atoms with Crippen molar-refractivity contribution in [3.63, 3.8) is 0 Å². The smallest absolute Gasteiger partial charge is 0.323 e. The van der Waals surface area contributed by atoms with E-state index in [1.165, 1.54) is 0 Å². The normalized spacial score (nSPS) is 19.6. The SMILES string of the molecule is COCCOCC(O)CNC1(C(=O)O)CCC1. The Bertz CT molecular complexity index is 242. The van der Waals surface area contributed by atoms with Gasteiger partial charge in [-0.3, -0.25) is 10.1 Å². The molecular weight excluding hydrogens is 226 g/mol. The van der Waals surface area contributed by atoms with Gasteiger partial charge in [0.1, 0.15) is 5.54 Å². The van der Waals surface area contributed by atoms with Gasteiger partial charge in [0, 0.05) is 13.7 Å². The maximum atomic E-state index is 11.0. The van der Waals surface area contributed by atoms with E-state index >= 15 is 0 Å². The standard InChI is InChI=1S/C11H21NO5/c1-16-5-6-17-8-9(13)7-12-11(10(14)15)3-2-4-11/h9,12-13H,2-8H2,1H3,(H,14,15). The molecule has 3 N–H and O–H groups in total. The average molecular weight is 247 g/mol. The zero-order valence-corrected chi connectivity index (χ0v) is 10.1. The van der Waals surface area contributed by atoms with E-state index < -0.39 is 17.6 Å². The molecule has 17 heavy (non-hydrogen) atoms. The molecule has 0 saturated heterocycles. The number of hydrogen-bond acceptors (Lipinski definition) is 5. The topological polar surface area (TPSA) is 88.0 Å². The third-order valence-electron chi connectivity index (χ3n) is 3.03. The lowest BCUT2D eigenvalue weighted by Crippen LogP contribution is -2.59. The van der Waals surface area contributed by atoms with E-state index in [1.54, 1.807) is 7.11 Å². The predicted octanol–water partition coefficient (Wildman–Crippen LogP) is -0.393. The number of aliphatic hydroxyl groups is 1. The number of ether oxygens (including phenoxy) is 2. The van der Waals surface area contributed by atoms with Crippen LogP contribution >= 0.6 is 0 Å². The molecule has 1 rings (SSSR count). The zero-order chi connectivity index (χ0) is 12.7. The summed E-state index contributed by atoms with van der Waals surface area (Å²) in [6, 6.07) is 0. The van der Waals surface area contributed by atoms with Gasteiger partial charge in [0.15, 0.2) is 0 Å². The van der Waals surface area contributed by atoms with E-state index in [0.717, 1.165) is 6.42 Å². The molecule has 0 aromatic rings. The Hall–Kier alpha value is -0.690. The first-order chi connectivity index (χ1) is 8.10. The van der Waals surface area contributed by atoms with Gasteiger partial charge in [-0.2, -0.15) is 0 Å². The number of aliphatic carboxylic acids is 1. The van der Waals surface area contributed by atoms with Crippen LogP contribution in [0, 0.1) is 0 Å². The maximum Gasteiger partial charge on any atom is 0.323 e. The molecule has 0 aromatic carbocycles. The summed E-state index contributed by atoms with van der Waals surface area (Å²) in [5, 5.41) is 21.6. The molecule has 0 heterocycles. The largest absolute Gasteiger partial charge is 0.480 e. The summed E-state index contributed by atoms with van der Waals surface area (Å²) in [4.78, 5) is 11.0. The summed E-state index contributed by atoms with van der Waals surface area (Å²) in [6.07, 6.45) is 1.47. The summed E-state index contributed by atoms with van der Waals surface area (Å²) in [6.45, 7) is 1.34. The second kappa shape index (κ2) is 6.90. The van der Waals surface area contributed by atoms with Crippen LogP contribution in [0.3, 0.4) is 0 Å². The number of methoxy groups -OCH3 is 1. The molecule has 6 nitrogen and oxygen atoms in total. The van der Waals surface area contributed by atoms with E-state index in [9.17, 15) is 9.90 Å². The first-order valence-electron chi connectivity index (χ1n) is 5.84. The van der Waals surface area contributed by atoms with Crippen molar-refractivity contribution >= 4 is 5.97 Å². The maximum absolute atomic E-state index is 11.0. The highest BCUT2D eigenvalue weighted by atomic mass is 16.5. The van der Waals surface area contributed by atoms with Crippen LogP contribution in [0.15, 0.2) is 0 Å². The van der Waals surface area contributed by atoms with Crippen LogP contribution in [0.2, 0.25) is 0 Å². The van der Waals surface area contributed by atoms with Gasteiger partial charge >= 0.3 is 5.97 Å². The molecule has 1 aliphatic carbocycles.